The first-order valence-corrected chi connectivity index (χ1v) is 5.39. The van der Waals surface area contributed by atoms with Crippen molar-refractivity contribution >= 4 is 22.4 Å². The molecule has 0 saturated carbocycles. The Hall–Kier alpha value is -1.21. The molecule has 0 radical (unpaired) electrons. The third kappa shape index (κ3) is 1.68. The molecule has 2 aromatic carbocycles. The Morgan fingerprint density at radius 3 is 2.53 bits per heavy atom. The summed E-state index contributed by atoms with van der Waals surface area (Å²) in [5.74, 6) is 0.466. The zero-order chi connectivity index (χ0) is 11.0. The van der Waals surface area contributed by atoms with Gasteiger partial charge in [0.2, 0.25) is 0 Å². The normalized spacial score (nSPS) is 11.2. The van der Waals surface area contributed by atoms with Gasteiger partial charge in [-0.1, -0.05) is 49.7 Å². The Morgan fingerprint density at radius 1 is 1.20 bits per heavy atom. The largest absolute Gasteiger partial charge is 0.506 e. The van der Waals surface area contributed by atoms with Gasteiger partial charge in [-0.25, -0.2) is 0 Å². The van der Waals surface area contributed by atoms with Gasteiger partial charge in [-0.3, -0.25) is 0 Å². The summed E-state index contributed by atoms with van der Waals surface area (Å²) in [4.78, 5) is 0. The molecule has 0 spiro atoms. The second kappa shape index (κ2) is 3.74. The summed E-state index contributed by atoms with van der Waals surface area (Å²) in [6.45, 7) is 4.15. The van der Waals surface area contributed by atoms with Crippen LogP contribution in [0.1, 0.15) is 25.3 Å². The van der Waals surface area contributed by atoms with Gasteiger partial charge in [0.05, 0.1) is 5.02 Å². The van der Waals surface area contributed by atoms with E-state index >= 15 is 0 Å². The number of hydrogen-bond donors (Lipinski definition) is 1. The van der Waals surface area contributed by atoms with Crippen molar-refractivity contribution in [2.45, 2.75) is 19.8 Å². The molecule has 0 aliphatic carbocycles. The van der Waals surface area contributed by atoms with Gasteiger partial charge in [-0.15, -0.1) is 0 Å². The van der Waals surface area contributed by atoms with E-state index in [2.05, 4.69) is 13.8 Å². The lowest BCUT2D eigenvalue weighted by atomic mass is 9.95. The number of aromatic hydroxyl groups is 1. The van der Waals surface area contributed by atoms with Crippen LogP contribution in [0.25, 0.3) is 10.8 Å². The molecular formula is C13H13ClO. The van der Waals surface area contributed by atoms with Crippen LogP contribution in [0.3, 0.4) is 0 Å². The van der Waals surface area contributed by atoms with Crippen molar-refractivity contribution in [2.24, 2.45) is 0 Å². The van der Waals surface area contributed by atoms with Gasteiger partial charge in [0.25, 0.3) is 0 Å². The molecule has 0 unspecified atom stereocenters. The Morgan fingerprint density at radius 2 is 1.87 bits per heavy atom. The van der Waals surface area contributed by atoms with Crippen LogP contribution in [-0.2, 0) is 0 Å². The summed E-state index contributed by atoms with van der Waals surface area (Å²) < 4.78 is 0. The molecule has 0 fully saturated rings. The average Bonchev–Trinajstić information content (AvgIpc) is 2.19. The van der Waals surface area contributed by atoms with Crippen molar-refractivity contribution < 1.29 is 5.11 Å². The second-order valence-corrected chi connectivity index (χ2v) is 4.38. The highest BCUT2D eigenvalue weighted by Gasteiger charge is 2.13. The van der Waals surface area contributed by atoms with E-state index in [1.54, 1.807) is 6.07 Å². The molecule has 0 atom stereocenters. The minimum absolute atomic E-state index is 0.166. The number of halogens is 1. The molecule has 0 aliphatic heterocycles. The first kappa shape index (κ1) is 10.3. The third-order valence-electron chi connectivity index (χ3n) is 2.58. The van der Waals surface area contributed by atoms with Crippen LogP contribution < -0.4 is 0 Å². The lowest BCUT2D eigenvalue weighted by Gasteiger charge is -2.13. The zero-order valence-electron chi connectivity index (χ0n) is 8.79. The summed E-state index contributed by atoms with van der Waals surface area (Å²) >= 11 is 6.12. The number of benzene rings is 2. The molecule has 0 aliphatic rings. The number of fused-ring (bicyclic) bond motifs is 1. The molecule has 2 aromatic rings. The maximum absolute atomic E-state index is 9.72. The zero-order valence-corrected chi connectivity index (χ0v) is 9.55. The fraction of sp³-hybridized carbons (Fsp3) is 0.231. The van der Waals surface area contributed by atoms with Crippen molar-refractivity contribution in [3.8, 4) is 5.75 Å². The second-order valence-electron chi connectivity index (χ2n) is 4.00. The van der Waals surface area contributed by atoms with Crippen LogP contribution in [0.4, 0.5) is 0 Å². The number of hydrogen-bond acceptors (Lipinski definition) is 1. The maximum Gasteiger partial charge on any atom is 0.135 e. The van der Waals surface area contributed by atoms with Crippen molar-refractivity contribution in [3.63, 3.8) is 0 Å². The Bertz CT molecular complexity index is 503. The van der Waals surface area contributed by atoms with E-state index in [4.69, 9.17) is 11.6 Å². The van der Waals surface area contributed by atoms with Crippen molar-refractivity contribution in [2.75, 3.05) is 0 Å². The lowest BCUT2D eigenvalue weighted by molar-refractivity contribution is 0.475. The van der Waals surface area contributed by atoms with Crippen LogP contribution >= 0.6 is 11.6 Å². The van der Waals surface area contributed by atoms with Gasteiger partial charge in [0, 0.05) is 0 Å². The summed E-state index contributed by atoms with van der Waals surface area (Å²) in [5, 5.41) is 12.3. The van der Waals surface area contributed by atoms with Crippen LogP contribution in [0.2, 0.25) is 5.02 Å². The predicted molar refractivity (Wildman–Crippen MR) is 64.7 cm³/mol. The smallest absolute Gasteiger partial charge is 0.135 e. The summed E-state index contributed by atoms with van der Waals surface area (Å²) in [7, 11) is 0. The van der Waals surface area contributed by atoms with Crippen molar-refractivity contribution in [1.29, 1.82) is 0 Å². The van der Waals surface area contributed by atoms with Gasteiger partial charge in [-0.05, 0) is 28.3 Å². The van der Waals surface area contributed by atoms with E-state index in [0.29, 0.717) is 10.9 Å². The average molecular weight is 221 g/mol. The van der Waals surface area contributed by atoms with E-state index in [1.165, 1.54) is 0 Å². The molecule has 0 aromatic heterocycles. The fourth-order valence-corrected chi connectivity index (χ4v) is 2.27. The molecule has 15 heavy (non-hydrogen) atoms. The first-order chi connectivity index (χ1) is 7.11. The summed E-state index contributed by atoms with van der Waals surface area (Å²) in [6.07, 6.45) is 0. The molecule has 2 rings (SSSR count). The molecule has 2 heteroatoms. The molecule has 1 N–H and O–H groups in total. The van der Waals surface area contributed by atoms with Gasteiger partial charge < -0.3 is 5.11 Å². The highest BCUT2D eigenvalue weighted by atomic mass is 35.5. The Kier molecular flexibility index (Phi) is 2.57. The van der Waals surface area contributed by atoms with Crippen molar-refractivity contribution in [3.05, 3.63) is 40.9 Å². The molecular weight excluding hydrogens is 208 g/mol. The lowest BCUT2D eigenvalue weighted by Crippen LogP contribution is -1.91. The van der Waals surface area contributed by atoms with Crippen LogP contribution in [-0.4, -0.2) is 5.11 Å². The summed E-state index contributed by atoms with van der Waals surface area (Å²) in [5.41, 5.74) is 1.02. The predicted octanol–water partition coefficient (Wildman–Crippen LogP) is 4.32. The number of phenolic OH excluding ortho intramolecular Hbond substituents is 1. The van der Waals surface area contributed by atoms with Crippen molar-refractivity contribution in [1.82, 2.24) is 0 Å². The Balaban J connectivity index is 2.89. The van der Waals surface area contributed by atoms with E-state index in [1.807, 2.05) is 24.3 Å². The highest BCUT2D eigenvalue weighted by Crippen LogP contribution is 2.38. The van der Waals surface area contributed by atoms with Crippen LogP contribution in [0.15, 0.2) is 30.3 Å². The Labute approximate surface area is 94.3 Å². The summed E-state index contributed by atoms with van der Waals surface area (Å²) in [6, 6.07) is 9.68. The maximum atomic E-state index is 9.72. The monoisotopic (exact) mass is 220 g/mol. The molecule has 0 saturated heterocycles. The third-order valence-corrected chi connectivity index (χ3v) is 2.98. The number of phenols is 1. The molecule has 0 bridgehead atoms. The van der Waals surface area contributed by atoms with E-state index < -0.39 is 0 Å². The SMILES string of the molecule is CC(C)c1c(Cl)c(O)cc2ccccc12. The first-order valence-electron chi connectivity index (χ1n) is 5.01. The number of rotatable bonds is 1. The van der Waals surface area contributed by atoms with Gasteiger partial charge in [0.1, 0.15) is 5.75 Å². The minimum Gasteiger partial charge on any atom is -0.506 e. The van der Waals surface area contributed by atoms with E-state index in [9.17, 15) is 5.11 Å². The topological polar surface area (TPSA) is 20.2 Å². The van der Waals surface area contributed by atoms with Gasteiger partial charge >= 0.3 is 0 Å². The molecule has 1 nitrogen and oxygen atoms in total. The molecule has 78 valence electrons. The quantitative estimate of drug-likeness (QED) is 0.759. The van der Waals surface area contributed by atoms with E-state index in [0.717, 1.165) is 16.3 Å². The highest BCUT2D eigenvalue weighted by molar-refractivity contribution is 6.34. The fourth-order valence-electron chi connectivity index (χ4n) is 1.90. The van der Waals surface area contributed by atoms with Gasteiger partial charge in [-0.2, -0.15) is 0 Å². The van der Waals surface area contributed by atoms with Crippen LogP contribution in [0.5, 0.6) is 5.75 Å². The van der Waals surface area contributed by atoms with E-state index in [-0.39, 0.29) is 5.75 Å². The standard InChI is InChI=1S/C13H13ClO/c1-8(2)12-10-6-4-3-5-9(10)7-11(15)13(12)14/h3-8,15H,1-2H3. The molecule has 0 amide bonds. The minimum atomic E-state index is 0.166. The molecule has 0 heterocycles. The van der Waals surface area contributed by atoms with Gasteiger partial charge in [0.15, 0.2) is 0 Å². The van der Waals surface area contributed by atoms with Crippen LogP contribution in [0, 0.1) is 0 Å².